The van der Waals surface area contributed by atoms with E-state index in [9.17, 15) is 19.8 Å². The zero-order valence-corrected chi connectivity index (χ0v) is 17.2. The van der Waals surface area contributed by atoms with E-state index in [-0.39, 0.29) is 0 Å². The number of carboxylic acid groups (broad SMARTS) is 2. The fourth-order valence-electron chi connectivity index (χ4n) is 3.84. The van der Waals surface area contributed by atoms with Crippen LogP contribution in [-0.2, 0) is 9.59 Å². The first-order valence-electron chi connectivity index (χ1n) is 10.4. The Morgan fingerprint density at radius 1 is 0.962 bits per heavy atom. The van der Waals surface area contributed by atoms with Crippen molar-refractivity contribution in [1.29, 1.82) is 0 Å². The van der Waals surface area contributed by atoms with Crippen LogP contribution in [0.3, 0.4) is 0 Å². The molecule has 2 unspecified atom stereocenters. The quantitative estimate of drug-likeness (QED) is 0.325. The van der Waals surface area contributed by atoms with Crippen molar-refractivity contribution in [3.63, 3.8) is 0 Å². The summed E-state index contributed by atoms with van der Waals surface area (Å²) in [5.74, 6) is -2.53. The standard InChI is InChI=1S/C18H32O4.C4H8/c1-2-3-4-5-6-7-8-10-13-18(17(21)22)14-11-9-12-15(18)16(19)20;1-4(2)3/h15H,2-14H2,1H3,(H,19,20)(H,21,22);1H2,2-3H3. The molecule has 0 aromatic heterocycles. The van der Waals surface area contributed by atoms with Gasteiger partial charge in [-0.2, -0.15) is 0 Å². The van der Waals surface area contributed by atoms with Crippen LogP contribution in [0.5, 0.6) is 0 Å². The van der Waals surface area contributed by atoms with Gasteiger partial charge in [-0.1, -0.05) is 76.7 Å². The Morgan fingerprint density at radius 2 is 1.46 bits per heavy atom. The molecule has 0 radical (unpaired) electrons. The summed E-state index contributed by atoms with van der Waals surface area (Å²) in [5, 5.41) is 19.0. The molecule has 1 aliphatic rings. The summed E-state index contributed by atoms with van der Waals surface area (Å²) in [6, 6.07) is 0. The van der Waals surface area contributed by atoms with E-state index in [1.165, 1.54) is 37.7 Å². The monoisotopic (exact) mass is 368 g/mol. The molecular formula is C22H40O4. The Hall–Kier alpha value is -1.32. The van der Waals surface area contributed by atoms with Gasteiger partial charge in [-0.05, 0) is 33.1 Å². The maximum Gasteiger partial charge on any atom is 0.310 e. The Labute approximate surface area is 160 Å². The van der Waals surface area contributed by atoms with Crippen molar-refractivity contribution in [2.75, 3.05) is 0 Å². The van der Waals surface area contributed by atoms with Crippen LogP contribution in [0.15, 0.2) is 12.2 Å². The van der Waals surface area contributed by atoms with E-state index in [1.807, 2.05) is 13.8 Å². The molecule has 0 saturated heterocycles. The summed E-state index contributed by atoms with van der Waals surface area (Å²) in [4.78, 5) is 23.2. The van der Waals surface area contributed by atoms with Gasteiger partial charge in [-0.25, -0.2) is 0 Å². The molecule has 0 amide bonds. The second-order valence-electron chi connectivity index (χ2n) is 8.03. The molecule has 2 N–H and O–H groups in total. The van der Waals surface area contributed by atoms with Gasteiger partial charge in [-0.15, -0.1) is 6.58 Å². The maximum atomic E-state index is 11.8. The van der Waals surface area contributed by atoms with Crippen LogP contribution in [0.2, 0.25) is 0 Å². The molecule has 26 heavy (non-hydrogen) atoms. The first-order chi connectivity index (χ1) is 12.3. The number of hydrogen-bond donors (Lipinski definition) is 2. The molecule has 0 aromatic rings. The number of unbranched alkanes of at least 4 members (excludes halogenated alkanes) is 7. The highest BCUT2D eigenvalue weighted by Gasteiger charge is 2.50. The second-order valence-corrected chi connectivity index (χ2v) is 8.03. The minimum absolute atomic E-state index is 0.513. The lowest BCUT2D eigenvalue weighted by Crippen LogP contribution is -2.44. The first-order valence-corrected chi connectivity index (χ1v) is 10.4. The Bertz CT molecular complexity index is 426. The molecule has 1 saturated carbocycles. The highest BCUT2D eigenvalue weighted by molar-refractivity contribution is 5.83. The van der Waals surface area contributed by atoms with Crippen molar-refractivity contribution in [3.8, 4) is 0 Å². The van der Waals surface area contributed by atoms with E-state index in [0.29, 0.717) is 19.3 Å². The van der Waals surface area contributed by atoms with Gasteiger partial charge < -0.3 is 10.2 Å². The van der Waals surface area contributed by atoms with Crippen LogP contribution in [-0.4, -0.2) is 22.2 Å². The summed E-state index contributed by atoms with van der Waals surface area (Å²) < 4.78 is 0. The summed E-state index contributed by atoms with van der Waals surface area (Å²) in [6.45, 7) is 9.70. The molecule has 0 aliphatic heterocycles. The van der Waals surface area contributed by atoms with Crippen LogP contribution in [0.4, 0.5) is 0 Å². The highest BCUT2D eigenvalue weighted by Crippen LogP contribution is 2.45. The third-order valence-corrected chi connectivity index (χ3v) is 5.23. The Kier molecular flexibility index (Phi) is 13.1. The van der Waals surface area contributed by atoms with Gasteiger partial charge in [0.15, 0.2) is 0 Å². The average molecular weight is 369 g/mol. The van der Waals surface area contributed by atoms with Crippen molar-refractivity contribution in [1.82, 2.24) is 0 Å². The molecule has 0 bridgehead atoms. The third kappa shape index (κ3) is 9.40. The van der Waals surface area contributed by atoms with Crippen molar-refractivity contribution < 1.29 is 19.8 Å². The third-order valence-electron chi connectivity index (χ3n) is 5.23. The van der Waals surface area contributed by atoms with Crippen molar-refractivity contribution in [2.45, 2.75) is 104 Å². The fraction of sp³-hybridized carbons (Fsp3) is 0.818. The Morgan fingerprint density at radius 3 is 1.92 bits per heavy atom. The lowest BCUT2D eigenvalue weighted by atomic mass is 9.63. The largest absolute Gasteiger partial charge is 0.481 e. The van der Waals surface area contributed by atoms with Crippen molar-refractivity contribution >= 4 is 11.9 Å². The number of carboxylic acids is 2. The van der Waals surface area contributed by atoms with Crippen LogP contribution in [0.1, 0.15) is 104 Å². The van der Waals surface area contributed by atoms with Crippen molar-refractivity contribution in [3.05, 3.63) is 12.2 Å². The minimum Gasteiger partial charge on any atom is -0.481 e. The van der Waals surface area contributed by atoms with Gasteiger partial charge in [0.1, 0.15) is 0 Å². The van der Waals surface area contributed by atoms with Gasteiger partial charge in [0.25, 0.3) is 0 Å². The lowest BCUT2D eigenvalue weighted by Gasteiger charge is -2.38. The van der Waals surface area contributed by atoms with Gasteiger partial charge >= 0.3 is 11.9 Å². The van der Waals surface area contributed by atoms with E-state index < -0.39 is 23.3 Å². The zero-order chi connectivity index (χ0) is 20.0. The lowest BCUT2D eigenvalue weighted by molar-refractivity contribution is -0.166. The summed E-state index contributed by atoms with van der Waals surface area (Å²) in [6.07, 6.45) is 12.5. The molecular weight excluding hydrogens is 328 g/mol. The van der Waals surface area contributed by atoms with Gasteiger partial charge in [0.05, 0.1) is 11.3 Å². The molecule has 4 nitrogen and oxygen atoms in total. The average Bonchev–Trinajstić information content (AvgIpc) is 2.56. The highest BCUT2D eigenvalue weighted by atomic mass is 16.4. The summed E-state index contributed by atoms with van der Waals surface area (Å²) in [5.41, 5.74) is 0.145. The number of aliphatic carboxylic acids is 2. The fourth-order valence-corrected chi connectivity index (χ4v) is 3.84. The number of rotatable bonds is 11. The van der Waals surface area contributed by atoms with Gasteiger partial charge in [-0.3, -0.25) is 9.59 Å². The van der Waals surface area contributed by atoms with E-state index in [4.69, 9.17) is 0 Å². The van der Waals surface area contributed by atoms with Gasteiger partial charge in [0, 0.05) is 0 Å². The molecule has 1 fully saturated rings. The second kappa shape index (κ2) is 13.8. The number of hydrogen-bond acceptors (Lipinski definition) is 2. The smallest absolute Gasteiger partial charge is 0.310 e. The number of carbonyl (C=O) groups is 2. The molecule has 0 aromatic carbocycles. The van der Waals surface area contributed by atoms with E-state index in [1.54, 1.807) is 0 Å². The van der Waals surface area contributed by atoms with E-state index in [2.05, 4.69) is 13.5 Å². The van der Waals surface area contributed by atoms with Gasteiger partial charge in [0.2, 0.25) is 0 Å². The van der Waals surface area contributed by atoms with Crippen LogP contribution in [0.25, 0.3) is 0 Å². The molecule has 0 spiro atoms. The molecule has 1 aliphatic carbocycles. The molecule has 1 rings (SSSR count). The summed E-state index contributed by atoms with van der Waals surface area (Å²) in [7, 11) is 0. The zero-order valence-electron chi connectivity index (χ0n) is 17.2. The SMILES string of the molecule is C=C(C)C.CCCCCCCCCCC1(C(=O)O)CCCCC1C(=O)O. The van der Waals surface area contributed by atoms with E-state index in [0.717, 1.165) is 32.1 Å². The van der Waals surface area contributed by atoms with Crippen LogP contribution in [0, 0.1) is 11.3 Å². The topological polar surface area (TPSA) is 74.6 Å². The predicted octanol–water partition coefficient (Wildman–Crippen LogP) is 6.45. The minimum atomic E-state index is -1.02. The van der Waals surface area contributed by atoms with Crippen LogP contribution >= 0.6 is 0 Å². The first kappa shape index (κ1) is 24.7. The Balaban J connectivity index is 0.00000141. The number of allylic oxidation sites excluding steroid dienone is 1. The normalized spacial score (nSPS) is 22.2. The van der Waals surface area contributed by atoms with Crippen LogP contribution < -0.4 is 0 Å². The predicted molar refractivity (Wildman–Crippen MR) is 107 cm³/mol. The van der Waals surface area contributed by atoms with E-state index >= 15 is 0 Å². The maximum absolute atomic E-state index is 11.8. The molecule has 152 valence electrons. The molecule has 0 heterocycles. The van der Waals surface area contributed by atoms with Crippen molar-refractivity contribution in [2.24, 2.45) is 11.3 Å². The molecule has 2 atom stereocenters. The molecule has 4 heteroatoms. The summed E-state index contributed by atoms with van der Waals surface area (Å²) >= 11 is 0.